The molecule has 0 fully saturated rings. The Balaban J connectivity index is 2.73. The van der Waals surface area contributed by atoms with Crippen LogP contribution in [0.15, 0.2) is 18.2 Å². The number of para-hydroxylation sites is 1. The van der Waals surface area contributed by atoms with E-state index in [1.807, 2.05) is 12.1 Å². The number of rotatable bonds is 7. The minimum absolute atomic E-state index is 0.0186. The number of hydrogen-bond acceptors (Lipinski definition) is 3. The number of carbonyl (C=O) groups is 1. The Labute approximate surface area is 128 Å². The zero-order valence-electron chi connectivity index (χ0n) is 13.7. The first-order valence-corrected chi connectivity index (χ1v) is 7.53. The lowest BCUT2D eigenvalue weighted by molar-refractivity contribution is -0.121. The molecule has 1 aromatic carbocycles. The van der Waals surface area contributed by atoms with Crippen molar-refractivity contribution in [3.8, 4) is 5.75 Å². The van der Waals surface area contributed by atoms with Gasteiger partial charge in [-0.05, 0) is 35.9 Å². The van der Waals surface area contributed by atoms with Crippen LogP contribution in [0.5, 0.6) is 5.75 Å². The van der Waals surface area contributed by atoms with Crippen LogP contribution >= 0.6 is 0 Å². The fourth-order valence-corrected chi connectivity index (χ4v) is 2.28. The Morgan fingerprint density at radius 3 is 2.62 bits per heavy atom. The van der Waals surface area contributed by atoms with E-state index in [0.717, 1.165) is 17.7 Å². The standard InChI is InChI=1S/C17H28N2O2/c1-17(2,3)14-8-5-7-13(16(14)21-4)9-10-15(20)19-12-6-11-18/h5,7-8H,6,9-12,18H2,1-4H3,(H,19,20). The maximum atomic E-state index is 11.8. The molecule has 1 amide bonds. The van der Waals surface area contributed by atoms with Crippen molar-refractivity contribution in [2.75, 3.05) is 20.2 Å². The second kappa shape index (κ2) is 8.03. The first-order valence-electron chi connectivity index (χ1n) is 7.53. The third kappa shape index (κ3) is 5.38. The molecule has 0 aromatic heterocycles. The average molecular weight is 292 g/mol. The number of amides is 1. The van der Waals surface area contributed by atoms with Crippen LogP contribution in [0.4, 0.5) is 0 Å². The van der Waals surface area contributed by atoms with E-state index in [2.05, 4.69) is 32.2 Å². The number of nitrogens with two attached hydrogens (primary N) is 1. The van der Waals surface area contributed by atoms with Crippen molar-refractivity contribution in [2.45, 2.75) is 45.4 Å². The molecule has 0 atom stereocenters. The summed E-state index contributed by atoms with van der Waals surface area (Å²) >= 11 is 0. The minimum atomic E-state index is 0.0186. The Bertz CT molecular complexity index is 464. The molecule has 1 rings (SSSR count). The third-order valence-electron chi connectivity index (χ3n) is 3.43. The lowest BCUT2D eigenvalue weighted by Crippen LogP contribution is -2.26. The number of methoxy groups -OCH3 is 1. The van der Waals surface area contributed by atoms with Gasteiger partial charge in [0, 0.05) is 13.0 Å². The predicted octanol–water partition coefficient (Wildman–Crippen LogP) is 2.39. The molecule has 0 bridgehead atoms. The van der Waals surface area contributed by atoms with E-state index in [1.165, 1.54) is 5.56 Å². The van der Waals surface area contributed by atoms with Gasteiger partial charge in [-0.3, -0.25) is 4.79 Å². The fourth-order valence-electron chi connectivity index (χ4n) is 2.28. The van der Waals surface area contributed by atoms with Crippen molar-refractivity contribution in [3.63, 3.8) is 0 Å². The molecule has 0 aliphatic rings. The quantitative estimate of drug-likeness (QED) is 0.758. The van der Waals surface area contributed by atoms with Crippen LogP contribution in [-0.2, 0) is 16.6 Å². The summed E-state index contributed by atoms with van der Waals surface area (Å²) in [4.78, 5) is 11.8. The highest BCUT2D eigenvalue weighted by Gasteiger charge is 2.20. The van der Waals surface area contributed by atoms with Crippen LogP contribution in [0.1, 0.15) is 44.7 Å². The van der Waals surface area contributed by atoms with Gasteiger partial charge in [0.15, 0.2) is 0 Å². The summed E-state index contributed by atoms with van der Waals surface area (Å²) < 4.78 is 5.59. The van der Waals surface area contributed by atoms with Crippen LogP contribution in [0.25, 0.3) is 0 Å². The lowest BCUT2D eigenvalue weighted by atomic mass is 9.84. The lowest BCUT2D eigenvalue weighted by Gasteiger charge is -2.24. The maximum Gasteiger partial charge on any atom is 0.220 e. The molecule has 0 aliphatic heterocycles. The monoisotopic (exact) mass is 292 g/mol. The van der Waals surface area contributed by atoms with E-state index in [4.69, 9.17) is 10.5 Å². The average Bonchev–Trinajstić information content (AvgIpc) is 2.44. The number of ether oxygens (including phenoxy) is 1. The number of nitrogens with one attached hydrogen (secondary N) is 1. The molecule has 0 spiro atoms. The number of carbonyl (C=O) groups excluding carboxylic acids is 1. The van der Waals surface area contributed by atoms with Gasteiger partial charge in [0.1, 0.15) is 5.75 Å². The normalized spacial score (nSPS) is 11.3. The minimum Gasteiger partial charge on any atom is -0.496 e. The zero-order valence-corrected chi connectivity index (χ0v) is 13.7. The van der Waals surface area contributed by atoms with Crippen LogP contribution in [0.2, 0.25) is 0 Å². The van der Waals surface area contributed by atoms with Gasteiger partial charge in [-0.15, -0.1) is 0 Å². The van der Waals surface area contributed by atoms with E-state index in [9.17, 15) is 4.79 Å². The highest BCUT2D eigenvalue weighted by Crippen LogP contribution is 2.34. The van der Waals surface area contributed by atoms with Gasteiger partial charge < -0.3 is 15.8 Å². The first-order chi connectivity index (χ1) is 9.90. The van der Waals surface area contributed by atoms with Crippen molar-refractivity contribution in [1.82, 2.24) is 5.32 Å². The van der Waals surface area contributed by atoms with Gasteiger partial charge in [0.05, 0.1) is 7.11 Å². The highest BCUT2D eigenvalue weighted by atomic mass is 16.5. The van der Waals surface area contributed by atoms with Crippen molar-refractivity contribution in [1.29, 1.82) is 0 Å². The summed E-state index contributed by atoms with van der Waals surface area (Å²) in [6, 6.07) is 6.15. The Hall–Kier alpha value is -1.55. The smallest absolute Gasteiger partial charge is 0.220 e. The summed E-state index contributed by atoms with van der Waals surface area (Å²) in [5.41, 5.74) is 7.68. The van der Waals surface area contributed by atoms with Crippen molar-refractivity contribution in [3.05, 3.63) is 29.3 Å². The maximum absolute atomic E-state index is 11.8. The van der Waals surface area contributed by atoms with Crippen molar-refractivity contribution >= 4 is 5.91 Å². The molecule has 3 N–H and O–H groups in total. The second-order valence-corrected chi connectivity index (χ2v) is 6.24. The third-order valence-corrected chi connectivity index (χ3v) is 3.43. The van der Waals surface area contributed by atoms with Crippen LogP contribution in [0.3, 0.4) is 0 Å². The fraction of sp³-hybridized carbons (Fsp3) is 0.588. The van der Waals surface area contributed by atoms with Gasteiger partial charge in [-0.25, -0.2) is 0 Å². The molecule has 0 unspecified atom stereocenters. The van der Waals surface area contributed by atoms with Crippen LogP contribution < -0.4 is 15.8 Å². The Morgan fingerprint density at radius 2 is 2.05 bits per heavy atom. The van der Waals surface area contributed by atoms with Crippen LogP contribution in [0, 0.1) is 0 Å². The molecule has 21 heavy (non-hydrogen) atoms. The Morgan fingerprint density at radius 1 is 1.33 bits per heavy atom. The van der Waals surface area contributed by atoms with E-state index >= 15 is 0 Å². The number of aryl methyl sites for hydroxylation is 1. The molecule has 0 aliphatic carbocycles. The molecule has 0 radical (unpaired) electrons. The van der Waals surface area contributed by atoms with E-state index in [1.54, 1.807) is 7.11 Å². The molecule has 118 valence electrons. The first kappa shape index (κ1) is 17.5. The molecule has 4 heteroatoms. The highest BCUT2D eigenvalue weighted by molar-refractivity contribution is 5.76. The zero-order chi connectivity index (χ0) is 15.9. The molecule has 1 aromatic rings. The molecule has 0 heterocycles. The summed E-state index contributed by atoms with van der Waals surface area (Å²) in [6.45, 7) is 7.73. The van der Waals surface area contributed by atoms with Gasteiger partial charge >= 0.3 is 0 Å². The van der Waals surface area contributed by atoms with E-state index < -0.39 is 0 Å². The predicted molar refractivity (Wildman–Crippen MR) is 86.7 cm³/mol. The number of benzene rings is 1. The van der Waals surface area contributed by atoms with Crippen molar-refractivity contribution < 1.29 is 9.53 Å². The largest absolute Gasteiger partial charge is 0.496 e. The molecule has 4 nitrogen and oxygen atoms in total. The SMILES string of the molecule is COc1c(CCC(=O)NCCCN)cccc1C(C)(C)C. The topological polar surface area (TPSA) is 64.3 Å². The van der Waals surface area contributed by atoms with E-state index in [-0.39, 0.29) is 11.3 Å². The summed E-state index contributed by atoms with van der Waals surface area (Å²) in [5.74, 6) is 0.964. The summed E-state index contributed by atoms with van der Waals surface area (Å²) in [6.07, 6.45) is 1.96. The number of hydrogen-bond donors (Lipinski definition) is 2. The van der Waals surface area contributed by atoms with Crippen LogP contribution in [-0.4, -0.2) is 26.1 Å². The van der Waals surface area contributed by atoms with Crippen molar-refractivity contribution in [2.24, 2.45) is 5.73 Å². The van der Waals surface area contributed by atoms with Gasteiger partial charge in [0.2, 0.25) is 5.91 Å². The second-order valence-electron chi connectivity index (χ2n) is 6.24. The Kier molecular flexibility index (Phi) is 6.69. The summed E-state index contributed by atoms with van der Waals surface area (Å²) in [5, 5.41) is 2.88. The van der Waals surface area contributed by atoms with Gasteiger partial charge in [0.25, 0.3) is 0 Å². The molecular weight excluding hydrogens is 264 g/mol. The molecule has 0 saturated carbocycles. The summed E-state index contributed by atoms with van der Waals surface area (Å²) in [7, 11) is 1.69. The molecule has 0 saturated heterocycles. The van der Waals surface area contributed by atoms with Gasteiger partial charge in [-0.2, -0.15) is 0 Å². The van der Waals surface area contributed by atoms with E-state index in [0.29, 0.717) is 25.9 Å². The van der Waals surface area contributed by atoms with Gasteiger partial charge in [-0.1, -0.05) is 39.0 Å². The molecular formula is C17H28N2O2.